The number of thiophene rings is 1. The number of hydrogen-bond acceptors (Lipinski definition) is 6. The number of Topliss-reactive ketones (excluding diaryl/α,β-unsaturated/α-hetero) is 1. The van der Waals surface area contributed by atoms with Gasteiger partial charge in [0.05, 0.1) is 10.3 Å². The van der Waals surface area contributed by atoms with Crippen LogP contribution < -0.4 is 10.9 Å². The van der Waals surface area contributed by atoms with Crippen LogP contribution in [0.1, 0.15) is 34.1 Å². The lowest BCUT2D eigenvalue weighted by Gasteiger charge is -2.07. The number of nitrogens with one attached hydrogen (secondary N) is 2. The van der Waals surface area contributed by atoms with Crippen molar-refractivity contribution in [1.29, 1.82) is 0 Å². The largest absolute Gasteiger partial charge is 0.321 e. The summed E-state index contributed by atoms with van der Waals surface area (Å²) in [6.07, 6.45) is 0.417. The van der Waals surface area contributed by atoms with Gasteiger partial charge in [0.25, 0.3) is 11.5 Å². The summed E-state index contributed by atoms with van der Waals surface area (Å²) >= 11 is 2.53. The molecule has 0 aliphatic rings. The molecular weight excluding hydrogens is 382 g/mol. The molecule has 0 atom stereocenters. The summed E-state index contributed by atoms with van der Waals surface area (Å²) in [5.74, 6) is 0.387. The number of nitrogens with zero attached hydrogens (tertiary/aromatic N) is 1. The molecule has 1 aromatic carbocycles. The molecule has 0 saturated heterocycles. The molecule has 2 aromatic heterocycles. The first kappa shape index (κ1) is 19.3. The smallest absolute Gasteiger partial charge is 0.266 e. The second-order valence-corrected chi connectivity index (χ2v) is 8.26. The molecule has 0 aliphatic heterocycles. The minimum absolute atomic E-state index is 0.0908. The van der Waals surface area contributed by atoms with Crippen molar-refractivity contribution in [3.8, 4) is 0 Å². The summed E-state index contributed by atoms with van der Waals surface area (Å²) in [5.41, 5.74) is 2.05. The number of amides is 1. The van der Waals surface area contributed by atoms with E-state index in [2.05, 4.69) is 15.3 Å². The van der Waals surface area contributed by atoms with E-state index in [0.29, 0.717) is 38.0 Å². The van der Waals surface area contributed by atoms with Crippen LogP contribution in [0.4, 0.5) is 5.69 Å². The molecule has 2 heterocycles. The highest BCUT2D eigenvalue weighted by Crippen LogP contribution is 2.29. The zero-order valence-electron chi connectivity index (χ0n) is 15.2. The Morgan fingerprint density at radius 3 is 2.70 bits per heavy atom. The number of thioether (sulfide) groups is 1. The van der Waals surface area contributed by atoms with Gasteiger partial charge in [-0.2, -0.15) is 0 Å². The molecule has 3 rings (SSSR count). The van der Waals surface area contributed by atoms with Crippen molar-refractivity contribution in [2.45, 2.75) is 32.3 Å². The predicted molar refractivity (Wildman–Crippen MR) is 110 cm³/mol. The molecule has 0 aliphatic carbocycles. The Hall–Kier alpha value is -2.45. The van der Waals surface area contributed by atoms with Crippen LogP contribution in [-0.4, -0.2) is 27.4 Å². The number of rotatable bonds is 6. The predicted octanol–water partition coefficient (Wildman–Crippen LogP) is 3.92. The summed E-state index contributed by atoms with van der Waals surface area (Å²) in [5, 5.41) is 3.79. The summed E-state index contributed by atoms with van der Waals surface area (Å²) < 4.78 is 0. The van der Waals surface area contributed by atoms with Gasteiger partial charge in [-0.15, -0.1) is 11.3 Å². The molecule has 0 spiro atoms. The Morgan fingerprint density at radius 1 is 1.26 bits per heavy atom. The number of carbonyl (C=O) groups is 2. The third-order valence-corrected chi connectivity index (χ3v) is 6.13. The lowest BCUT2D eigenvalue weighted by molar-refractivity contribution is -0.116. The Morgan fingerprint density at radius 2 is 2.00 bits per heavy atom. The molecule has 140 valence electrons. The van der Waals surface area contributed by atoms with E-state index in [0.717, 1.165) is 11.3 Å². The van der Waals surface area contributed by atoms with Crippen LogP contribution in [0.15, 0.2) is 34.2 Å². The Balaban J connectivity index is 1.90. The van der Waals surface area contributed by atoms with Crippen molar-refractivity contribution in [3.05, 3.63) is 50.6 Å². The summed E-state index contributed by atoms with van der Waals surface area (Å²) in [6.45, 7) is 5.21. The van der Waals surface area contributed by atoms with Crippen LogP contribution in [-0.2, 0) is 4.79 Å². The summed E-state index contributed by atoms with van der Waals surface area (Å²) in [4.78, 5) is 44.4. The maximum absolute atomic E-state index is 12.7. The van der Waals surface area contributed by atoms with Crippen LogP contribution >= 0.6 is 23.1 Å². The number of fused-ring (bicyclic) bond motifs is 1. The number of carbonyl (C=O) groups excluding carboxylic acids is 2. The van der Waals surface area contributed by atoms with E-state index in [1.165, 1.54) is 30.0 Å². The number of hydrogen-bond donors (Lipinski definition) is 2. The molecule has 27 heavy (non-hydrogen) atoms. The molecular formula is C19H19N3O3S2. The lowest BCUT2D eigenvalue weighted by atomic mass is 10.2. The van der Waals surface area contributed by atoms with Crippen LogP contribution in [0.2, 0.25) is 0 Å². The monoisotopic (exact) mass is 401 g/mol. The van der Waals surface area contributed by atoms with E-state index in [1.807, 2.05) is 31.2 Å². The van der Waals surface area contributed by atoms with Crippen molar-refractivity contribution in [1.82, 2.24) is 9.97 Å². The van der Waals surface area contributed by atoms with Crippen LogP contribution in [0.25, 0.3) is 10.2 Å². The van der Waals surface area contributed by atoms with E-state index < -0.39 is 0 Å². The number of ketones is 1. The standard InChI is InChI=1S/C19H19N3O3S2/c1-10-6-4-5-7-13(10)20-17(25)15-12(3)14-16(24)21-19(22-18(14)27-15)26-9-8-11(2)23/h4-7H,8-9H2,1-3H3,(H,20,25)(H,21,22,24). The van der Waals surface area contributed by atoms with Crippen molar-refractivity contribution in [2.24, 2.45) is 0 Å². The zero-order chi connectivity index (χ0) is 19.6. The fourth-order valence-corrected chi connectivity index (χ4v) is 4.63. The highest BCUT2D eigenvalue weighted by atomic mass is 32.2. The van der Waals surface area contributed by atoms with Gasteiger partial charge in [-0.25, -0.2) is 4.98 Å². The number of aromatic nitrogens is 2. The van der Waals surface area contributed by atoms with E-state index >= 15 is 0 Å². The Kier molecular flexibility index (Phi) is 5.76. The van der Waals surface area contributed by atoms with E-state index in [4.69, 9.17) is 0 Å². The molecule has 8 heteroatoms. The number of anilines is 1. The van der Waals surface area contributed by atoms with Crippen molar-refractivity contribution < 1.29 is 9.59 Å². The number of aryl methyl sites for hydroxylation is 2. The molecule has 0 saturated carbocycles. The second-order valence-electron chi connectivity index (χ2n) is 6.18. The van der Waals surface area contributed by atoms with Crippen molar-refractivity contribution in [2.75, 3.05) is 11.1 Å². The second kappa shape index (κ2) is 8.06. The van der Waals surface area contributed by atoms with Gasteiger partial charge in [0.1, 0.15) is 10.6 Å². The molecule has 3 aromatic rings. The number of benzene rings is 1. The topological polar surface area (TPSA) is 91.9 Å². The number of H-pyrrole nitrogens is 1. The van der Waals surface area contributed by atoms with Crippen molar-refractivity contribution >= 4 is 50.7 Å². The molecule has 0 unspecified atom stereocenters. The first-order chi connectivity index (χ1) is 12.9. The quantitative estimate of drug-likeness (QED) is 0.482. The third kappa shape index (κ3) is 4.28. The fraction of sp³-hybridized carbons (Fsp3) is 0.263. The third-order valence-electron chi connectivity index (χ3n) is 4.07. The first-order valence-electron chi connectivity index (χ1n) is 8.39. The minimum Gasteiger partial charge on any atom is -0.321 e. The van der Waals surface area contributed by atoms with Crippen LogP contribution in [0.5, 0.6) is 0 Å². The van der Waals surface area contributed by atoms with Crippen molar-refractivity contribution in [3.63, 3.8) is 0 Å². The van der Waals surface area contributed by atoms with Gasteiger partial charge >= 0.3 is 0 Å². The highest BCUT2D eigenvalue weighted by molar-refractivity contribution is 7.99. The van der Waals surface area contributed by atoms with Crippen LogP contribution in [0.3, 0.4) is 0 Å². The fourth-order valence-electron chi connectivity index (χ4n) is 2.59. The molecule has 0 bridgehead atoms. The SMILES string of the molecule is CC(=O)CCSc1nc2sc(C(=O)Nc3ccccc3C)c(C)c2c(=O)[nH]1. The maximum Gasteiger partial charge on any atom is 0.266 e. The Bertz CT molecular complexity index is 1090. The van der Waals surface area contributed by atoms with E-state index in [-0.39, 0.29) is 17.2 Å². The average molecular weight is 402 g/mol. The molecule has 6 nitrogen and oxygen atoms in total. The maximum atomic E-state index is 12.7. The summed E-state index contributed by atoms with van der Waals surface area (Å²) in [6, 6.07) is 7.52. The van der Waals surface area contributed by atoms with Gasteiger partial charge < -0.3 is 10.3 Å². The van der Waals surface area contributed by atoms with E-state index in [1.54, 1.807) is 6.92 Å². The summed E-state index contributed by atoms with van der Waals surface area (Å²) in [7, 11) is 0. The van der Waals surface area contributed by atoms with Gasteiger partial charge in [-0.3, -0.25) is 14.4 Å². The van der Waals surface area contributed by atoms with Gasteiger partial charge in [-0.1, -0.05) is 30.0 Å². The van der Waals surface area contributed by atoms with Crippen LogP contribution in [0, 0.1) is 13.8 Å². The lowest BCUT2D eigenvalue weighted by Crippen LogP contribution is -2.13. The zero-order valence-corrected chi connectivity index (χ0v) is 16.8. The number of para-hydroxylation sites is 1. The Labute approximate surface area is 164 Å². The van der Waals surface area contributed by atoms with Gasteiger partial charge in [0.15, 0.2) is 5.16 Å². The van der Waals surface area contributed by atoms with Gasteiger partial charge in [-0.05, 0) is 38.0 Å². The normalized spacial score (nSPS) is 10.9. The molecule has 1 amide bonds. The minimum atomic E-state index is -0.269. The average Bonchev–Trinajstić information content (AvgIpc) is 2.94. The first-order valence-corrected chi connectivity index (χ1v) is 10.2. The van der Waals surface area contributed by atoms with E-state index in [9.17, 15) is 14.4 Å². The highest BCUT2D eigenvalue weighted by Gasteiger charge is 2.20. The number of aromatic amines is 1. The van der Waals surface area contributed by atoms with Gasteiger partial charge in [0.2, 0.25) is 0 Å². The van der Waals surface area contributed by atoms with Gasteiger partial charge in [0, 0.05) is 17.9 Å². The molecule has 2 N–H and O–H groups in total. The molecule has 0 fully saturated rings. The molecule has 0 radical (unpaired) electrons.